The highest BCUT2D eigenvalue weighted by Gasteiger charge is 2.38. The molecule has 2 aliphatic rings. The maximum absolute atomic E-state index is 3.49. The molecule has 1 aromatic carbocycles. The quantitative estimate of drug-likeness (QED) is 0.860. The lowest BCUT2D eigenvalue weighted by Gasteiger charge is -2.34. The van der Waals surface area contributed by atoms with Crippen LogP contribution in [-0.4, -0.2) is 31.1 Å². The SMILES string of the molecule is Cc1cccc(CN2CCC3(CCNCC3)C2)c1. The van der Waals surface area contributed by atoms with Gasteiger partial charge in [0, 0.05) is 13.1 Å². The second kappa shape index (κ2) is 5.02. The van der Waals surface area contributed by atoms with Gasteiger partial charge in [0.15, 0.2) is 0 Å². The fraction of sp³-hybridized carbons (Fsp3) is 0.625. The van der Waals surface area contributed by atoms with Gasteiger partial charge < -0.3 is 5.32 Å². The minimum absolute atomic E-state index is 0.634. The fourth-order valence-electron chi connectivity index (χ4n) is 3.60. The Morgan fingerprint density at radius 2 is 2.06 bits per heavy atom. The third-order valence-electron chi connectivity index (χ3n) is 4.67. The van der Waals surface area contributed by atoms with Crippen LogP contribution in [0.2, 0.25) is 0 Å². The first kappa shape index (κ1) is 12.2. The summed E-state index contributed by atoms with van der Waals surface area (Å²) in [6.07, 6.45) is 4.15. The van der Waals surface area contributed by atoms with Crippen LogP contribution >= 0.6 is 0 Å². The van der Waals surface area contributed by atoms with Crippen LogP contribution in [0.4, 0.5) is 0 Å². The van der Waals surface area contributed by atoms with E-state index >= 15 is 0 Å². The third kappa shape index (κ3) is 2.60. The Morgan fingerprint density at radius 1 is 1.22 bits per heavy atom. The number of rotatable bonds is 2. The lowest BCUT2D eigenvalue weighted by atomic mass is 9.78. The van der Waals surface area contributed by atoms with Gasteiger partial charge in [-0.25, -0.2) is 0 Å². The topological polar surface area (TPSA) is 15.3 Å². The molecule has 0 radical (unpaired) electrons. The van der Waals surface area contributed by atoms with Crippen LogP contribution in [0.15, 0.2) is 24.3 Å². The molecule has 0 bridgehead atoms. The van der Waals surface area contributed by atoms with Crippen molar-refractivity contribution in [3.05, 3.63) is 35.4 Å². The van der Waals surface area contributed by atoms with Crippen molar-refractivity contribution in [2.45, 2.75) is 32.7 Å². The number of benzene rings is 1. The fourth-order valence-corrected chi connectivity index (χ4v) is 3.60. The van der Waals surface area contributed by atoms with E-state index in [1.54, 1.807) is 0 Å². The van der Waals surface area contributed by atoms with E-state index in [1.165, 1.54) is 56.6 Å². The molecule has 2 heterocycles. The molecule has 0 unspecified atom stereocenters. The Kier molecular flexibility index (Phi) is 3.40. The van der Waals surface area contributed by atoms with Crippen molar-refractivity contribution >= 4 is 0 Å². The van der Waals surface area contributed by atoms with E-state index in [9.17, 15) is 0 Å². The van der Waals surface area contributed by atoms with E-state index in [0.717, 1.165) is 6.54 Å². The van der Waals surface area contributed by atoms with E-state index in [2.05, 4.69) is 41.4 Å². The van der Waals surface area contributed by atoms with Crippen molar-refractivity contribution in [1.82, 2.24) is 10.2 Å². The van der Waals surface area contributed by atoms with Gasteiger partial charge in [-0.15, -0.1) is 0 Å². The largest absolute Gasteiger partial charge is 0.317 e. The van der Waals surface area contributed by atoms with Crippen LogP contribution in [0.1, 0.15) is 30.4 Å². The molecular formula is C16H24N2. The van der Waals surface area contributed by atoms with Crippen LogP contribution in [0.25, 0.3) is 0 Å². The second-order valence-corrected chi connectivity index (χ2v) is 6.20. The summed E-state index contributed by atoms with van der Waals surface area (Å²) < 4.78 is 0. The number of nitrogens with one attached hydrogen (secondary N) is 1. The Bertz CT molecular complexity index is 407. The maximum Gasteiger partial charge on any atom is 0.0234 e. The molecule has 2 heteroatoms. The first-order valence-electron chi connectivity index (χ1n) is 7.24. The molecule has 2 fully saturated rings. The average molecular weight is 244 g/mol. The molecule has 0 amide bonds. The van der Waals surface area contributed by atoms with E-state index in [-0.39, 0.29) is 0 Å². The first-order valence-corrected chi connectivity index (χ1v) is 7.24. The summed E-state index contributed by atoms with van der Waals surface area (Å²) in [6, 6.07) is 8.96. The zero-order valence-corrected chi connectivity index (χ0v) is 11.4. The number of hydrogen-bond acceptors (Lipinski definition) is 2. The molecule has 1 aromatic rings. The molecule has 3 rings (SSSR count). The lowest BCUT2D eigenvalue weighted by Crippen LogP contribution is -2.38. The molecule has 0 aromatic heterocycles. The van der Waals surface area contributed by atoms with Crippen molar-refractivity contribution in [3.8, 4) is 0 Å². The number of aryl methyl sites for hydroxylation is 1. The average Bonchev–Trinajstić information content (AvgIpc) is 2.73. The number of piperidine rings is 1. The van der Waals surface area contributed by atoms with Crippen LogP contribution < -0.4 is 5.32 Å². The zero-order chi connectivity index (χ0) is 12.4. The standard InChI is InChI=1S/C16H24N2/c1-14-3-2-4-15(11-14)12-18-10-7-16(13-18)5-8-17-9-6-16/h2-4,11,17H,5-10,12-13H2,1H3. The summed E-state index contributed by atoms with van der Waals surface area (Å²) in [6.45, 7) is 8.35. The highest BCUT2D eigenvalue weighted by atomic mass is 15.2. The molecule has 2 nitrogen and oxygen atoms in total. The van der Waals surface area contributed by atoms with E-state index in [0.29, 0.717) is 5.41 Å². The Hall–Kier alpha value is -0.860. The van der Waals surface area contributed by atoms with Crippen LogP contribution in [0.3, 0.4) is 0 Å². The molecule has 0 atom stereocenters. The molecule has 0 saturated carbocycles. The molecule has 1 spiro atoms. The van der Waals surface area contributed by atoms with Crippen molar-refractivity contribution in [2.75, 3.05) is 26.2 Å². The zero-order valence-electron chi connectivity index (χ0n) is 11.4. The van der Waals surface area contributed by atoms with E-state index in [4.69, 9.17) is 0 Å². The smallest absolute Gasteiger partial charge is 0.0234 e. The molecule has 0 aliphatic carbocycles. The van der Waals surface area contributed by atoms with E-state index in [1.807, 2.05) is 0 Å². The maximum atomic E-state index is 3.49. The van der Waals surface area contributed by atoms with Gasteiger partial charge in [0.25, 0.3) is 0 Å². The predicted octanol–water partition coefficient (Wildman–Crippen LogP) is 2.57. The van der Waals surface area contributed by atoms with Crippen molar-refractivity contribution < 1.29 is 0 Å². The minimum atomic E-state index is 0.634. The predicted molar refractivity (Wildman–Crippen MR) is 75.6 cm³/mol. The molecule has 2 aliphatic heterocycles. The van der Waals surface area contributed by atoms with Gasteiger partial charge in [-0.1, -0.05) is 29.8 Å². The Balaban J connectivity index is 1.62. The summed E-state index contributed by atoms with van der Waals surface area (Å²) in [5.74, 6) is 0. The number of nitrogens with zero attached hydrogens (tertiary/aromatic N) is 1. The van der Waals surface area contributed by atoms with Crippen molar-refractivity contribution in [2.24, 2.45) is 5.41 Å². The number of hydrogen-bond donors (Lipinski definition) is 1. The van der Waals surface area contributed by atoms with Crippen LogP contribution in [0.5, 0.6) is 0 Å². The Labute approximate surface area is 110 Å². The van der Waals surface area contributed by atoms with Crippen molar-refractivity contribution in [3.63, 3.8) is 0 Å². The lowest BCUT2D eigenvalue weighted by molar-refractivity contribution is 0.194. The van der Waals surface area contributed by atoms with Gasteiger partial charge in [0.05, 0.1) is 0 Å². The van der Waals surface area contributed by atoms with Gasteiger partial charge in [0.2, 0.25) is 0 Å². The molecule has 18 heavy (non-hydrogen) atoms. The van der Waals surface area contributed by atoms with Gasteiger partial charge in [-0.05, 0) is 56.8 Å². The Morgan fingerprint density at radius 3 is 2.83 bits per heavy atom. The van der Waals surface area contributed by atoms with Gasteiger partial charge in [-0.2, -0.15) is 0 Å². The van der Waals surface area contributed by atoms with Crippen LogP contribution in [-0.2, 0) is 6.54 Å². The summed E-state index contributed by atoms with van der Waals surface area (Å²) in [4.78, 5) is 2.65. The first-order chi connectivity index (χ1) is 8.76. The molecule has 1 N–H and O–H groups in total. The molecule has 2 saturated heterocycles. The monoisotopic (exact) mass is 244 g/mol. The second-order valence-electron chi connectivity index (χ2n) is 6.20. The van der Waals surface area contributed by atoms with E-state index < -0.39 is 0 Å². The van der Waals surface area contributed by atoms with Gasteiger partial charge in [0.1, 0.15) is 0 Å². The molecular weight excluding hydrogens is 220 g/mol. The number of likely N-dealkylation sites (tertiary alicyclic amines) is 1. The highest BCUT2D eigenvalue weighted by molar-refractivity contribution is 5.22. The summed E-state index contributed by atoms with van der Waals surface area (Å²) in [7, 11) is 0. The van der Waals surface area contributed by atoms with Crippen molar-refractivity contribution in [1.29, 1.82) is 0 Å². The van der Waals surface area contributed by atoms with Crippen LogP contribution in [0, 0.1) is 12.3 Å². The third-order valence-corrected chi connectivity index (χ3v) is 4.67. The van der Waals surface area contributed by atoms with Gasteiger partial charge >= 0.3 is 0 Å². The summed E-state index contributed by atoms with van der Waals surface area (Å²) in [5, 5.41) is 3.49. The summed E-state index contributed by atoms with van der Waals surface area (Å²) in [5.41, 5.74) is 3.49. The van der Waals surface area contributed by atoms with Gasteiger partial charge in [-0.3, -0.25) is 4.90 Å². The minimum Gasteiger partial charge on any atom is -0.317 e. The molecule has 98 valence electrons. The summed E-state index contributed by atoms with van der Waals surface area (Å²) >= 11 is 0. The normalized spacial score (nSPS) is 23.6. The highest BCUT2D eigenvalue weighted by Crippen LogP contribution is 2.38.